The van der Waals surface area contributed by atoms with Gasteiger partial charge in [-0.3, -0.25) is 13.9 Å². The van der Waals surface area contributed by atoms with Gasteiger partial charge in [-0.05, 0) is 66.6 Å². The standard InChI is InChI=1S/C32H31Br2N3O4S/c1-2-35-32(39)30(21-24-10-5-3-6-11-24)36(22-25-12-9-13-27(34)20-25)31(38)23-37(28-18-16-26(33)17-19-28)42(40,41)29-14-7-4-8-15-29/h3-20,30H,2,21-23H2,1H3,(H,35,39)/t30-/m0/s1. The van der Waals surface area contributed by atoms with Crippen molar-refractivity contribution < 1.29 is 18.0 Å². The van der Waals surface area contributed by atoms with E-state index in [9.17, 15) is 18.0 Å². The van der Waals surface area contributed by atoms with Crippen LogP contribution in [0.4, 0.5) is 5.69 Å². The molecule has 0 heterocycles. The maximum absolute atomic E-state index is 14.3. The Bertz CT molecular complexity index is 1600. The second-order valence-corrected chi connectivity index (χ2v) is 13.2. The third-order valence-corrected chi connectivity index (χ3v) is 9.40. The molecular weight excluding hydrogens is 682 g/mol. The number of amides is 2. The van der Waals surface area contributed by atoms with Crippen LogP contribution in [0.25, 0.3) is 0 Å². The molecule has 42 heavy (non-hydrogen) atoms. The molecular formula is C32H31Br2N3O4S. The molecule has 0 aliphatic rings. The number of carbonyl (C=O) groups excluding carboxylic acids is 2. The van der Waals surface area contributed by atoms with Crippen LogP contribution in [0.2, 0.25) is 0 Å². The van der Waals surface area contributed by atoms with E-state index in [-0.39, 0.29) is 23.8 Å². The van der Waals surface area contributed by atoms with Gasteiger partial charge < -0.3 is 10.2 Å². The van der Waals surface area contributed by atoms with Crippen molar-refractivity contribution in [2.75, 3.05) is 17.4 Å². The van der Waals surface area contributed by atoms with Crippen LogP contribution in [0.5, 0.6) is 0 Å². The highest BCUT2D eigenvalue weighted by Gasteiger charge is 2.34. The zero-order valence-corrected chi connectivity index (χ0v) is 27.0. The largest absolute Gasteiger partial charge is 0.355 e. The molecule has 0 radical (unpaired) electrons. The van der Waals surface area contributed by atoms with E-state index >= 15 is 0 Å². The van der Waals surface area contributed by atoms with E-state index in [2.05, 4.69) is 37.2 Å². The minimum atomic E-state index is -4.13. The molecule has 0 unspecified atom stereocenters. The van der Waals surface area contributed by atoms with Gasteiger partial charge in [-0.2, -0.15) is 0 Å². The van der Waals surface area contributed by atoms with Crippen molar-refractivity contribution in [3.05, 3.63) is 129 Å². The van der Waals surface area contributed by atoms with E-state index in [0.29, 0.717) is 12.2 Å². The lowest BCUT2D eigenvalue weighted by atomic mass is 10.0. The van der Waals surface area contributed by atoms with Crippen LogP contribution in [-0.2, 0) is 32.6 Å². The molecule has 0 aliphatic carbocycles. The molecule has 0 saturated carbocycles. The van der Waals surface area contributed by atoms with Crippen molar-refractivity contribution in [3.63, 3.8) is 0 Å². The van der Waals surface area contributed by atoms with Gasteiger partial charge in [0.15, 0.2) is 0 Å². The third kappa shape index (κ3) is 8.08. The number of hydrogen-bond donors (Lipinski definition) is 1. The van der Waals surface area contributed by atoms with Gasteiger partial charge >= 0.3 is 0 Å². The van der Waals surface area contributed by atoms with Crippen molar-refractivity contribution in [2.45, 2.75) is 30.8 Å². The first-order chi connectivity index (χ1) is 20.2. The maximum Gasteiger partial charge on any atom is 0.264 e. The molecule has 0 saturated heterocycles. The summed E-state index contributed by atoms with van der Waals surface area (Å²) in [7, 11) is -4.13. The highest BCUT2D eigenvalue weighted by molar-refractivity contribution is 9.10. The summed E-state index contributed by atoms with van der Waals surface area (Å²) in [5.74, 6) is -0.824. The molecule has 1 N–H and O–H groups in total. The van der Waals surface area contributed by atoms with Gasteiger partial charge in [-0.1, -0.05) is 92.5 Å². The number of rotatable bonds is 12. The predicted molar refractivity (Wildman–Crippen MR) is 172 cm³/mol. The molecule has 0 aromatic heterocycles. The molecule has 218 valence electrons. The topological polar surface area (TPSA) is 86.8 Å². The number of benzene rings is 4. The average molecular weight is 713 g/mol. The van der Waals surface area contributed by atoms with Gasteiger partial charge in [0.05, 0.1) is 10.6 Å². The first-order valence-electron chi connectivity index (χ1n) is 13.4. The van der Waals surface area contributed by atoms with Gasteiger partial charge in [0.25, 0.3) is 10.0 Å². The summed E-state index contributed by atoms with van der Waals surface area (Å²) in [5.41, 5.74) is 2.00. The lowest BCUT2D eigenvalue weighted by Gasteiger charge is -2.34. The number of nitrogens with zero attached hydrogens (tertiary/aromatic N) is 2. The number of nitrogens with one attached hydrogen (secondary N) is 1. The number of anilines is 1. The molecule has 4 aromatic rings. The molecule has 10 heteroatoms. The predicted octanol–water partition coefficient (Wildman–Crippen LogP) is 6.18. The molecule has 4 rings (SSSR count). The van der Waals surface area contributed by atoms with Crippen molar-refractivity contribution in [1.82, 2.24) is 10.2 Å². The molecule has 0 spiro atoms. The summed E-state index contributed by atoms with van der Waals surface area (Å²) in [5, 5.41) is 2.87. The summed E-state index contributed by atoms with van der Waals surface area (Å²) in [4.78, 5) is 29.4. The Morgan fingerprint density at radius 1 is 0.786 bits per heavy atom. The molecule has 0 fully saturated rings. The normalized spacial score (nSPS) is 11.9. The lowest BCUT2D eigenvalue weighted by Crippen LogP contribution is -2.53. The van der Waals surface area contributed by atoms with Crippen LogP contribution in [0.15, 0.2) is 123 Å². The van der Waals surface area contributed by atoms with Gasteiger partial charge in [-0.25, -0.2) is 8.42 Å². The third-order valence-electron chi connectivity index (χ3n) is 6.59. The molecule has 2 amide bonds. The highest BCUT2D eigenvalue weighted by Crippen LogP contribution is 2.26. The Labute approximate surface area is 263 Å². The van der Waals surface area contributed by atoms with Crippen molar-refractivity contribution in [3.8, 4) is 0 Å². The first-order valence-corrected chi connectivity index (χ1v) is 16.4. The van der Waals surface area contributed by atoms with E-state index in [4.69, 9.17) is 0 Å². The van der Waals surface area contributed by atoms with Crippen LogP contribution in [0.3, 0.4) is 0 Å². The maximum atomic E-state index is 14.3. The van der Waals surface area contributed by atoms with Crippen LogP contribution >= 0.6 is 31.9 Å². The summed E-state index contributed by atoms with van der Waals surface area (Å²) in [6, 6.07) is 30.8. The summed E-state index contributed by atoms with van der Waals surface area (Å²) < 4.78 is 30.6. The van der Waals surface area contributed by atoms with Crippen LogP contribution in [0.1, 0.15) is 18.1 Å². The smallest absolute Gasteiger partial charge is 0.264 e. The van der Waals surface area contributed by atoms with Crippen LogP contribution in [-0.4, -0.2) is 44.3 Å². The van der Waals surface area contributed by atoms with Crippen LogP contribution in [0, 0.1) is 0 Å². The Morgan fingerprint density at radius 2 is 1.40 bits per heavy atom. The van der Waals surface area contributed by atoms with Crippen molar-refractivity contribution in [2.24, 2.45) is 0 Å². The lowest BCUT2D eigenvalue weighted by molar-refractivity contribution is -0.140. The fourth-order valence-corrected chi connectivity index (χ4v) is 6.68. The van der Waals surface area contributed by atoms with E-state index in [1.807, 2.05) is 61.5 Å². The van der Waals surface area contributed by atoms with Crippen LogP contribution < -0.4 is 9.62 Å². The molecule has 1 atom stereocenters. The molecule has 0 aliphatic heterocycles. The fourth-order valence-electron chi connectivity index (χ4n) is 4.53. The van der Waals surface area contributed by atoms with Gasteiger partial charge in [-0.15, -0.1) is 0 Å². The second kappa shape index (κ2) is 14.6. The number of likely N-dealkylation sites (N-methyl/N-ethyl adjacent to an activating group) is 1. The summed E-state index contributed by atoms with van der Waals surface area (Å²) in [6.45, 7) is 1.81. The zero-order chi connectivity index (χ0) is 30.1. The monoisotopic (exact) mass is 711 g/mol. The van der Waals surface area contributed by atoms with Crippen molar-refractivity contribution in [1.29, 1.82) is 0 Å². The number of halogens is 2. The summed E-state index contributed by atoms with van der Waals surface area (Å²) in [6.07, 6.45) is 0.260. The molecule has 0 bridgehead atoms. The van der Waals surface area contributed by atoms with Gasteiger partial charge in [0.1, 0.15) is 12.6 Å². The summed E-state index contributed by atoms with van der Waals surface area (Å²) >= 11 is 6.89. The SMILES string of the molecule is CCNC(=O)[C@H](Cc1ccccc1)N(Cc1cccc(Br)c1)C(=O)CN(c1ccc(Br)cc1)S(=O)(=O)c1ccccc1. The van der Waals surface area contributed by atoms with E-state index in [1.165, 1.54) is 17.0 Å². The van der Waals surface area contributed by atoms with Gasteiger partial charge in [0, 0.05) is 28.5 Å². The number of hydrogen-bond acceptors (Lipinski definition) is 4. The quantitative estimate of drug-likeness (QED) is 0.190. The number of carbonyl (C=O) groups is 2. The minimum absolute atomic E-state index is 0.0591. The van der Waals surface area contributed by atoms with E-state index < -0.39 is 28.5 Å². The Hall–Kier alpha value is -3.47. The Balaban J connectivity index is 1.78. The number of sulfonamides is 1. The minimum Gasteiger partial charge on any atom is -0.355 e. The van der Waals surface area contributed by atoms with Gasteiger partial charge in [0.2, 0.25) is 11.8 Å². The van der Waals surface area contributed by atoms with Crippen molar-refractivity contribution >= 4 is 59.4 Å². The van der Waals surface area contributed by atoms with E-state index in [0.717, 1.165) is 24.4 Å². The first kappa shape index (κ1) is 31.5. The Kier molecular flexibility index (Phi) is 11.0. The zero-order valence-electron chi connectivity index (χ0n) is 23.0. The fraction of sp³-hybridized carbons (Fsp3) is 0.188. The second-order valence-electron chi connectivity index (χ2n) is 9.55. The molecule has 4 aromatic carbocycles. The Morgan fingerprint density at radius 3 is 2.02 bits per heavy atom. The van der Waals surface area contributed by atoms with E-state index in [1.54, 1.807) is 42.5 Å². The molecule has 7 nitrogen and oxygen atoms in total. The average Bonchev–Trinajstić information content (AvgIpc) is 2.99. The highest BCUT2D eigenvalue weighted by atomic mass is 79.9.